The molecule has 0 fully saturated rings. The van der Waals surface area contributed by atoms with E-state index >= 15 is 0 Å². The average Bonchev–Trinajstić information content (AvgIpc) is 2.82. The first kappa shape index (κ1) is 23.3. The Morgan fingerprint density at radius 3 is 2.47 bits per heavy atom. The molecule has 0 saturated carbocycles. The fourth-order valence-electron chi connectivity index (χ4n) is 3.09. The zero-order chi connectivity index (χ0) is 23.4. The van der Waals surface area contributed by atoms with Crippen LogP contribution in [0.15, 0.2) is 32.8 Å². The van der Waals surface area contributed by atoms with Crippen LogP contribution in [0.5, 0.6) is 11.5 Å². The molecule has 2 heterocycles. The Balaban J connectivity index is 2.20. The van der Waals surface area contributed by atoms with Gasteiger partial charge in [-0.2, -0.15) is 0 Å². The molecule has 0 radical (unpaired) electrons. The lowest BCUT2D eigenvalue weighted by atomic mass is 10.2. The fourth-order valence-corrected chi connectivity index (χ4v) is 3.93. The van der Waals surface area contributed by atoms with Crippen LogP contribution in [-0.4, -0.2) is 51.5 Å². The van der Waals surface area contributed by atoms with Gasteiger partial charge in [-0.1, -0.05) is 18.7 Å². The summed E-state index contributed by atoms with van der Waals surface area (Å²) in [5.74, 6) is 1.22. The fraction of sp³-hybridized carbons (Fsp3) is 0.381. The van der Waals surface area contributed by atoms with Gasteiger partial charge in [-0.15, -0.1) is 0 Å². The molecule has 0 aliphatic heterocycles. The van der Waals surface area contributed by atoms with E-state index in [-0.39, 0.29) is 28.5 Å². The van der Waals surface area contributed by atoms with Gasteiger partial charge in [0, 0.05) is 26.2 Å². The summed E-state index contributed by atoms with van der Waals surface area (Å²) < 4.78 is 12.9. The minimum atomic E-state index is -0.515. The van der Waals surface area contributed by atoms with E-state index in [4.69, 9.17) is 9.47 Å². The second-order valence-electron chi connectivity index (χ2n) is 6.97. The Morgan fingerprint density at radius 1 is 1.09 bits per heavy atom. The molecule has 0 spiro atoms. The van der Waals surface area contributed by atoms with Crippen LogP contribution in [0, 0.1) is 0 Å². The number of hydrogen-bond donors (Lipinski definition) is 1. The van der Waals surface area contributed by atoms with E-state index in [0.717, 1.165) is 22.7 Å². The van der Waals surface area contributed by atoms with Crippen molar-refractivity contribution in [2.75, 3.05) is 26.5 Å². The van der Waals surface area contributed by atoms with Crippen LogP contribution in [-0.2, 0) is 18.9 Å². The molecule has 0 saturated heterocycles. The molecule has 0 aliphatic carbocycles. The molecule has 32 heavy (non-hydrogen) atoms. The average molecular weight is 460 g/mol. The Labute approximate surface area is 188 Å². The zero-order valence-corrected chi connectivity index (χ0v) is 19.4. The molecular weight excluding hydrogens is 434 g/mol. The van der Waals surface area contributed by atoms with Crippen LogP contribution in [0.2, 0.25) is 0 Å². The number of ether oxygens (including phenoxy) is 2. The molecule has 3 aromatic rings. The highest BCUT2D eigenvalue weighted by Gasteiger charge is 2.19. The summed E-state index contributed by atoms with van der Waals surface area (Å²) in [5.41, 5.74) is -0.223. The van der Waals surface area contributed by atoms with Crippen LogP contribution in [0.3, 0.4) is 0 Å². The quantitative estimate of drug-likeness (QED) is 0.396. The SMILES string of the molecule is CCCNC(=O)CSc1nc(-c2ccc(OC)c(OC)c2)nc2c1c(=O)n(C)c(=O)n2C. The van der Waals surface area contributed by atoms with E-state index < -0.39 is 11.2 Å². The number of rotatable bonds is 8. The van der Waals surface area contributed by atoms with Gasteiger partial charge in [0.25, 0.3) is 5.56 Å². The summed E-state index contributed by atoms with van der Waals surface area (Å²) in [6, 6.07) is 5.18. The summed E-state index contributed by atoms with van der Waals surface area (Å²) in [5, 5.41) is 3.31. The Morgan fingerprint density at radius 2 is 1.81 bits per heavy atom. The van der Waals surface area contributed by atoms with Crippen LogP contribution < -0.4 is 26.0 Å². The molecule has 1 aromatic carbocycles. The summed E-state index contributed by atoms with van der Waals surface area (Å²) in [4.78, 5) is 46.6. The van der Waals surface area contributed by atoms with Crippen LogP contribution >= 0.6 is 11.8 Å². The molecule has 0 unspecified atom stereocenters. The van der Waals surface area contributed by atoms with Crippen LogP contribution in [0.4, 0.5) is 0 Å². The van der Waals surface area contributed by atoms with Gasteiger partial charge in [-0.3, -0.25) is 18.7 Å². The van der Waals surface area contributed by atoms with E-state index in [2.05, 4.69) is 15.3 Å². The van der Waals surface area contributed by atoms with E-state index in [1.165, 1.54) is 32.9 Å². The topological polar surface area (TPSA) is 117 Å². The van der Waals surface area contributed by atoms with Crippen molar-refractivity contribution in [1.82, 2.24) is 24.4 Å². The number of nitrogens with zero attached hydrogens (tertiary/aromatic N) is 4. The molecule has 2 aromatic heterocycles. The first-order valence-corrected chi connectivity index (χ1v) is 10.9. The maximum atomic E-state index is 12.9. The molecule has 11 heteroatoms. The van der Waals surface area contributed by atoms with Gasteiger partial charge >= 0.3 is 5.69 Å². The number of amides is 1. The molecule has 0 bridgehead atoms. The second-order valence-corrected chi connectivity index (χ2v) is 7.93. The minimum absolute atomic E-state index is 0.0729. The van der Waals surface area contributed by atoms with Crippen molar-refractivity contribution in [1.29, 1.82) is 0 Å². The number of thioether (sulfide) groups is 1. The maximum Gasteiger partial charge on any atom is 0.332 e. The predicted molar refractivity (Wildman–Crippen MR) is 123 cm³/mol. The van der Waals surface area contributed by atoms with Gasteiger partial charge in [0.05, 0.1) is 20.0 Å². The predicted octanol–water partition coefficient (Wildman–Crippen LogP) is 1.33. The minimum Gasteiger partial charge on any atom is -0.493 e. The Hall–Kier alpha value is -3.34. The molecule has 10 nitrogen and oxygen atoms in total. The normalized spacial score (nSPS) is 10.9. The number of carbonyl (C=O) groups is 1. The first-order valence-electron chi connectivity index (χ1n) is 9.92. The summed E-state index contributed by atoms with van der Waals surface area (Å²) in [6.45, 7) is 2.53. The molecule has 0 aliphatic rings. The highest BCUT2D eigenvalue weighted by molar-refractivity contribution is 8.00. The van der Waals surface area contributed by atoms with Crippen molar-refractivity contribution in [3.05, 3.63) is 39.0 Å². The van der Waals surface area contributed by atoms with Crippen molar-refractivity contribution in [3.8, 4) is 22.9 Å². The van der Waals surface area contributed by atoms with Crippen molar-refractivity contribution in [2.24, 2.45) is 14.1 Å². The van der Waals surface area contributed by atoms with Crippen molar-refractivity contribution < 1.29 is 14.3 Å². The van der Waals surface area contributed by atoms with E-state index in [1.54, 1.807) is 18.2 Å². The lowest BCUT2D eigenvalue weighted by molar-refractivity contribution is -0.118. The first-order chi connectivity index (χ1) is 15.3. The number of nitrogens with one attached hydrogen (secondary N) is 1. The van der Waals surface area contributed by atoms with Crippen molar-refractivity contribution >= 4 is 28.7 Å². The van der Waals surface area contributed by atoms with Gasteiger partial charge in [0.2, 0.25) is 5.91 Å². The molecule has 170 valence electrons. The van der Waals surface area contributed by atoms with Gasteiger partial charge in [0.1, 0.15) is 10.4 Å². The number of benzene rings is 1. The Kier molecular flexibility index (Phi) is 7.18. The van der Waals surface area contributed by atoms with E-state index in [1.807, 2.05) is 6.92 Å². The standard InChI is InChI=1S/C21H25N5O5S/c1-6-9-22-15(27)11-32-19-16-18(25(2)21(29)26(3)20(16)28)23-17(24-19)12-7-8-13(30-4)14(10-12)31-5/h7-8,10H,6,9,11H2,1-5H3,(H,22,27). The molecule has 0 atom stereocenters. The molecular formula is C21H25N5O5S. The van der Waals surface area contributed by atoms with E-state index in [9.17, 15) is 14.4 Å². The number of hydrogen-bond acceptors (Lipinski definition) is 8. The van der Waals surface area contributed by atoms with Crippen molar-refractivity contribution in [2.45, 2.75) is 18.4 Å². The molecule has 3 rings (SSSR count). The van der Waals surface area contributed by atoms with Gasteiger partial charge in [0.15, 0.2) is 23.0 Å². The van der Waals surface area contributed by atoms with Gasteiger partial charge < -0.3 is 14.8 Å². The highest BCUT2D eigenvalue weighted by Crippen LogP contribution is 2.32. The zero-order valence-electron chi connectivity index (χ0n) is 18.6. The third-order valence-electron chi connectivity index (χ3n) is 4.82. The summed E-state index contributed by atoms with van der Waals surface area (Å²) in [7, 11) is 5.99. The van der Waals surface area contributed by atoms with Gasteiger partial charge in [-0.25, -0.2) is 14.8 Å². The van der Waals surface area contributed by atoms with Crippen molar-refractivity contribution in [3.63, 3.8) is 0 Å². The maximum absolute atomic E-state index is 12.9. The smallest absolute Gasteiger partial charge is 0.332 e. The largest absolute Gasteiger partial charge is 0.493 e. The summed E-state index contributed by atoms with van der Waals surface area (Å²) in [6.07, 6.45) is 0.818. The van der Waals surface area contributed by atoms with Crippen LogP contribution in [0.1, 0.15) is 13.3 Å². The third-order valence-corrected chi connectivity index (χ3v) is 5.80. The van der Waals surface area contributed by atoms with E-state index in [0.29, 0.717) is 28.6 Å². The second kappa shape index (κ2) is 9.86. The number of methoxy groups -OCH3 is 2. The lowest BCUT2D eigenvalue weighted by Gasteiger charge is -2.13. The van der Waals surface area contributed by atoms with Crippen LogP contribution in [0.25, 0.3) is 22.4 Å². The Bertz CT molecular complexity index is 1280. The molecule has 1 N–H and O–H groups in total. The third kappa shape index (κ3) is 4.47. The summed E-state index contributed by atoms with van der Waals surface area (Å²) >= 11 is 1.12. The lowest BCUT2D eigenvalue weighted by Crippen LogP contribution is -2.37. The monoisotopic (exact) mass is 459 g/mol. The van der Waals surface area contributed by atoms with Gasteiger partial charge in [-0.05, 0) is 24.6 Å². The number of aryl methyl sites for hydroxylation is 1. The molecule has 1 amide bonds. The number of aromatic nitrogens is 4. The highest BCUT2D eigenvalue weighted by atomic mass is 32.2. The number of fused-ring (bicyclic) bond motifs is 1. The number of carbonyl (C=O) groups excluding carboxylic acids is 1.